The SMILES string of the molecule is CSC(C)(C)c1n[nH]c(CNC(=O)c2cc(-c3ncc(-c4ccc(C(C)N5CC6(CC(c7ccc(N8CCC(=O)NC8=O)c(F)c7)C6)C5)cc4F)c(C)n3)no2)n1. The van der Waals surface area contributed by atoms with E-state index in [1.54, 1.807) is 43.1 Å². The number of carbonyl (C=O) groups is 3. The molecule has 1 aliphatic carbocycles. The van der Waals surface area contributed by atoms with Crippen LogP contribution in [0.1, 0.15) is 91.0 Å². The molecule has 0 bridgehead atoms. The van der Waals surface area contributed by atoms with E-state index in [2.05, 4.69) is 52.8 Å². The number of urea groups is 1. The van der Waals surface area contributed by atoms with Crippen LogP contribution >= 0.6 is 11.8 Å². The Balaban J connectivity index is 0.850. The first kappa shape index (κ1) is 38.3. The van der Waals surface area contributed by atoms with Crippen LogP contribution in [-0.4, -0.2) is 78.9 Å². The van der Waals surface area contributed by atoms with Crippen LogP contribution < -0.4 is 15.5 Å². The number of H-pyrrole nitrogens is 1. The highest BCUT2D eigenvalue weighted by atomic mass is 32.2. The fourth-order valence-electron chi connectivity index (χ4n) is 7.91. The maximum Gasteiger partial charge on any atom is 0.328 e. The molecule has 1 spiro atoms. The van der Waals surface area contributed by atoms with E-state index in [0.717, 1.165) is 37.1 Å². The number of hydrogen-bond acceptors (Lipinski definition) is 11. The normalized spacial score (nSPS) is 17.6. The molecule has 3 fully saturated rings. The number of nitrogens with one attached hydrogen (secondary N) is 3. The quantitative estimate of drug-likeness (QED) is 0.135. The third-order valence-corrected chi connectivity index (χ3v) is 12.7. The lowest BCUT2D eigenvalue weighted by Crippen LogP contribution is -2.61. The van der Waals surface area contributed by atoms with Crippen molar-refractivity contribution in [2.24, 2.45) is 5.41 Å². The number of carbonyl (C=O) groups excluding carboxylic acids is 3. The topological polar surface area (TPSA) is 175 Å². The molecule has 2 aromatic carbocycles. The molecule has 3 aromatic heterocycles. The van der Waals surface area contributed by atoms with Gasteiger partial charge in [0.1, 0.15) is 17.5 Å². The average molecular weight is 797 g/mol. The van der Waals surface area contributed by atoms with E-state index in [1.807, 2.05) is 32.2 Å². The molecule has 3 aliphatic rings. The van der Waals surface area contributed by atoms with Gasteiger partial charge < -0.3 is 9.84 Å². The molecule has 1 unspecified atom stereocenters. The second-order valence-electron chi connectivity index (χ2n) is 15.7. The van der Waals surface area contributed by atoms with Gasteiger partial charge in [0.25, 0.3) is 5.91 Å². The van der Waals surface area contributed by atoms with E-state index >= 15 is 8.78 Å². The maximum absolute atomic E-state index is 15.7. The number of anilines is 1. The van der Waals surface area contributed by atoms with Crippen molar-refractivity contribution >= 4 is 35.3 Å². The van der Waals surface area contributed by atoms with Gasteiger partial charge in [0.05, 0.1) is 17.0 Å². The molecule has 14 nitrogen and oxygen atoms in total. The summed E-state index contributed by atoms with van der Waals surface area (Å²) >= 11 is 1.62. The molecule has 4 amide bonds. The van der Waals surface area contributed by atoms with Gasteiger partial charge in [-0.3, -0.25) is 29.8 Å². The van der Waals surface area contributed by atoms with Gasteiger partial charge in [-0.15, -0.1) is 0 Å². The number of likely N-dealkylation sites (tertiary alicyclic amines) is 1. The minimum absolute atomic E-state index is 0.00339. The molecule has 296 valence electrons. The molecule has 1 saturated carbocycles. The molecular formula is C40H42F2N10O4S. The van der Waals surface area contributed by atoms with Crippen LogP contribution in [0.2, 0.25) is 0 Å². The maximum atomic E-state index is 15.7. The third-order valence-electron chi connectivity index (χ3n) is 11.5. The standard InChI is InChI=1S/C40H42F2N10O4S/c1-21-27(17-43-35(45-21)30-14-32(56-50-30)36(54)44-18-33-46-37(49-48-33)39(3,4)57-5)26-8-6-23(12-28(26)41)22(2)51-19-40(20-51)15-25(16-40)24-7-9-31(29(42)13-24)52-11-10-34(53)47-38(52)55/h6-9,12-14,17,22,25H,10-11,15-16,18-20H2,1-5H3,(H,44,54)(H,46,48,49)(H,47,53,55). The van der Waals surface area contributed by atoms with Gasteiger partial charge in [-0.05, 0) is 87.5 Å². The van der Waals surface area contributed by atoms with Gasteiger partial charge in [-0.25, -0.2) is 28.5 Å². The number of aromatic amines is 1. The number of aromatic nitrogens is 6. The van der Waals surface area contributed by atoms with Crippen LogP contribution in [0.5, 0.6) is 0 Å². The first-order valence-corrected chi connectivity index (χ1v) is 20.0. The Morgan fingerprint density at radius 1 is 1.09 bits per heavy atom. The van der Waals surface area contributed by atoms with Gasteiger partial charge in [-0.2, -0.15) is 16.9 Å². The smallest absolute Gasteiger partial charge is 0.328 e. The van der Waals surface area contributed by atoms with Crippen molar-refractivity contribution in [2.45, 2.75) is 70.2 Å². The lowest BCUT2D eigenvalue weighted by atomic mass is 9.56. The number of hydrogen-bond donors (Lipinski definition) is 3. The largest absolute Gasteiger partial charge is 0.350 e. The lowest BCUT2D eigenvalue weighted by Gasteiger charge is -2.61. The van der Waals surface area contributed by atoms with Crippen LogP contribution in [0, 0.1) is 24.0 Å². The van der Waals surface area contributed by atoms with Crippen LogP contribution in [0.25, 0.3) is 22.6 Å². The number of rotatable bonds is 11. The van der Waals surface area contributed by atoms with Gasteiger partial charge >= 0.3 is 6.03 Å². The summed E-state index contributed by atoms with van der Waals surface area (Å²) < 4.78 is 35.8. The summed E-state index contributed by atoms with van der Waals surface area (Å²) in [4.78, 5) is 53.5. The fraction of sp³-hybridized carbons (Fsp3) is 0.400. The molecule has 5 aromatic rings. The molecule has 3 N–H and O–H groups in total. The highest BCUT2D eigenvalue weighted by molar-refractivity contribution is 7.99. The van der Waals surface area contributed by atoms with Crippen LogP contribution in [0.3, 0.4) is 0 Å². The minimum atomic E-state index is -0.606. The monoisotopic (exact) mass is 796 g/mol. The van der Waals surface area contributed by atoms with Gasteiger partial charge in [0.2, 0.25) is 11.7 Å². The fourth-order valence-corrected chi connectivity index (χ4v) is 8.18. The second kappa shape index (κ2) is 14.8. The molecule has 1 atom stereocenters. The molecule has 2 aliphatic heterocycles. The number of imide groups is 1. The van der Waals surface area contributed by atoms with Gasteiger partial charge in [0, 0.05) is 61.2 Å². The molecule has 57 heavy (non-hydrogen) atoms. The summed E-state index contributed by atoms with van der Waals surface area (Å²) in [5.41, 5.74) is 3.81. The number of nitrogens with zero attached hydrogens (tertiary/aromatic N) is 7. The molecule has 5 heterocycles. The minimum Gasteiger partial charge on any atom is -0.350 e. The molecule has 8 rings (SSSR count). The Bertz CT molecular complexity index is 2380. The summed E-state index contributed by atoms with van der Waals surface area (Å²) in [6, 6.07) is 11.1. The molecule has 2 saturated heterocycles. The Kier molecular flexibility index (Phi) is 9.92. The van der Waals surface area contributed by atoms with Crippen LogP contribution in [0.15, 0.2) is 53.2 Å². The Labute approximate surface area is 331 Å². The van der Waals surface area contributed by atoms with Crippen molar-refractivity contribution in [3.63, 3.8) is 0 Å². The van der Waals surface area contributed by atoms with E-state index in [0.29, 0.717) is 28.5 Å². The lowest BCUT2D eigenvalue weighted by molar-refractivity contribution is -0.120. The van der Waals surface area contributed by atoms with Gasteiger partial charge in [0.15, 0.2) is 17.3 Å². The summed E-state index contributed by atoms with van der Waals surface area (Å²) in [7, 11) is 0. The van der Waals surface area contributed by atoms with E-state index < -0.39 is 17.8 Å². The van der Waals surface area contributed by atoms with Crippen LogP contribution in [0.4, 0.5) is 19.3 Å². The number of amides is 4. The van der Waals surface area contributed by atoms with Crippen LogP contribution in [-0.2, 0) is 16.1 Å². The zero-order valence-electron chi connectivity index (χ0n) is 32.2. The van der Waals surface area contributed by atoms with Crippen molar-refractivity contribution in [3.05, 3.63) is 94.5 Å². The van der Waals surface area contributed by atoms with Crippen molar-refractivity contribution in [1.82, 2.24) is 45.8 Å². The van der Waals surface area contributed by atoms with E-state index in [-0.39, 0.29) is 76.3 Å². The molecule has 17 heteroatoms. The first-order chi connectivity index (χ1) is 27.2. The van der Waals surface area contributed by atoms with Crippen molar-refractivity contribution in [1.29, 1.82) is 0 Å². The average Bonchev–Trinajstić information content (AvgIpc) is 3.85. The number of aryl methyl sites for hydroxylation is 1. The summed E-state index contributed by atoms with van der Waals surface area (Å²) in [6.45, 7) is 9.87. The summed E-state index contributed by atoms with van der Waals surface area (Å²) in [5, 5.41) is 16.1. The number of thioether (sulfide) groups is 1. The van der Waals surface area contributed by atoms with E-state index in [4.69, 9.17) is 4.52 Å². The summed E-state index contributed by atoms with van der Waals surface area (Å²) in [5.74, 6) is -0.108. The molecule has 0 radical (unpaired) electrons. The van der Waals surface area contributed by atoms with Gasteiger partial charge in [-0.1, -0.05) is 23.4 Å². The van der Waals surface area contributed by atoms with Crippen molar-refractivity contribution in [2.75, 3.05) is 30.8 Å². The zero-order chi connectivity index (χ0) is 40.2. The van der Waals surface area contributed by atoms with E-state index in [1.165, 1.54) is 17.0 Å². The Morgan fingerprint density at radius 2 is 1.88 bits per heavy atom. The van der Waals surface area contributed by atoms with Crippen molar-refractivity contribution in [3.8, 4) is 22.6 Å². The number of benzene rings is 2. The zero-order valence-corrected chi connectivity index (χ0v) is 33.0. The molecular weight excluding hydrogens is 755 g/mol. The van der Waals surface area contributed by atoms with Crippen molar-refractivity contribution < 1.29 is 27.7 Å². The highest BCUT2D eigenvalue weighted by Gasteiger charge is 2.53. The summed E-state index contributed by atoms with van der Waals surface area (Å²) in [6.07, 6.45) is 5.52. The number of halogens is 2. The predicted octanol–water partition coefficient (Wildman–Crippen LogP) is 6.42. The first-order valence-electron chi connectivity index (χ1n) is 18.7. The Hall–Kier alpha value is -5.55. The third kappa shape index (κ3) is 7.41. The highest BCUT2D eigenvalue weighted by Crippen LogP contribution is 2.57. The van der Waals surface area contributed by atoms with E-state index in [9.17, 15) is 14.4 Å². The Morgan fingerprint density at radius 3 is 2.58 bits per heavy atom. The predicted molar refractivity (Wildman–Crippen MR) is 208 cm³/mol. The second-order valence-corrected chi connectivity index (χ2v) is 17.1.